The van der Waals surface area contributed by atoms with Crippen molar-refractivity contribution in [3.63, 3.8) is 0 Å². The van der Waals surface area contributed by atoms with E-state index >= 15 is 0 Å². The van der Waals surface area contributed by atoms with Gasteiger partial charge in [0.05, 0.1) is 0 Å². The Labute approximate surface area is 90.1 Å². The van der Waals surface area contributed by atoms with Gasteiger partial charge in [-0.1, -0.05) is 18.2 Å². The highest BCUT2D eigenvalue weighted by molar-refractivity contribution is 5.97. The molecule has 2 N–H and O–H groups in total. The molecule has 1 aromatic rings. The number of hydrogen-bond donors (Lipinski definition) is 2. The molecule has 0 aliphatic carbocycles. The van der Waals surface area contributed by atoms with Gasteiger partial charge in [0.1, 0.15) is 5.60 Å². The lowest BCUT2D eigenvalue weighted by atomic mass is 10.1. The summed E-state index contributed by atoms with van der Waals surface area (Å²) in [6.45, 7) is 6.78. The van der Waals surface area contributed by atoms with Gasteiger partial charge in [0.15, 0.2) is 0 Å². The average Bonchev–Trinajstić information content (AvgIpc) is 2.09. The van der Waals surface area contributed by atoms with Crippen LogP contribution in [0.2, 0.25) is 0 Å². The lowest BCUT2D eigenvalue weighted by Gasteiger charge is -2.18. The number of aryl methyl sites for hydroxylation is 2. The monoisotopic (exact) mass is 207 g/mol. The smallest absolute Gasteiger partial charge is 0.255 e. The van der Waals surface area contributed by atoms with Gasteiger partial charge in [-0.3, -0.25) is 4.79 Å². The van der Waals surface area contributed by atoms with E-state index in [0.717, 1.165) is 16.8 Å². The summed E-state index contributed by atoms with van der Waals surface area (Å²) >= 11 is 0. The molecule has 0 spiro atoms. The highest BCUT2D eigenvalue weighted by Crippen LogP contribution is 2.20. The van der Waals surface area contributed by atoms with Crippen LogP contribution >= 0.6 is 0 Å². The van der Waals surface area contributed by atoms with Gasteiger partial charge in [-0.25, -0.2) is 0 Å². The highest BCUT2D eigenvalue weighted by atomic mass is 16.3. The zero-order valence-electron chi connectivity index (χ0n) is 9.59. The molecular formula is C12H17NO2. The van der Waals surface area contributed by atoms with E-state index in [1.54, 1.807) is 0 Å². The van der Waals surface area contributed by atoms with Crippen LogP contribution in [0.3, 0.4) is 0 Å². The van der Waals surface area contributed by atoms with Gasteiger partial charge in [-0.2, -0.15) is 0 Å². The molecule has 3 nitrogen and oxygen atoms in total. The number of anilines is 1. The lowest BCUT2D eigenvalue weighted by Crippen LogP contribution is -2.37. The quantitative estimate of drug-likeness (QED) is 0.779. The molecule has 82 valence electrons. The SMILES string of the molecule is Cc1cccc(C)c1NC(=O)C(C)(C)O. The first-order chi connectivity index (χ1) is 6.82. The molecule has 0 aliphatic rings. The van der Waals surface area contributed by atoms with Gasteiger partial charge < -0.3 is 10.4 Å². The van der Waals surface area contributed by atoms with Crippen LogP contribution < -0.4 is 5.32 Å². The molecule has 0 atom stereocenters. The predicted octanol–water partition coefficient (Wildman–Crippen LogP) is 2.01. The molecule has 0 saturated heterocycles. The zero-order valence-corrected chi connectivity index (χ0v) is 9.59. The third kappa shape index (κ3) is 2.80. The van der Waals surface area contributed by atoms with Crippen molar-refractivity contribution >= 4 is 11.6 Å². The lowest BCUT2D eigenvalue weighted by molar-refractivity contribution is -0.130. The van der Waals surface area contributed by atoms with Crippen LogP contribution in [0.5, 0.6) is 0 Å². The number of carbonyl (C=O) groups excluding carboxylic acids is 1. The Morgan fingerprint density at radius 3 is 2.13 bits per heavy atom. The fraction of sp³-hybridized carbons (Fsp3) is 0.417. The molecule has 3 heteroatoms. The van der Waals surface area contributed by atoms with Crippen molar-refractivity contribution < 1.29 is 9.90 Å². The van der Waals surface area contributed by atoms with Crippen LogP contribution in [-0.4, -0.2) is 16.6 Å². The molecule has 0 aromatic heterocycles. The van der Waals surface area contributed by atoms with Crippen molar-refractivity contribution in [3.8, 4) is 0 Å². The van der Waals surface area contributed by atoms with Gasteiger partial charge in [-0.05, 0) is 38.8 Å². The second-order valence-electron chi connectivity index (χ2n) is 4.28. The molecule has 0 radical (unpaired) electrons. The van der Waals surface area contributed by atoms with Gasteiger partial charge in [-0.15, -0.1) is 0 Å². The van der Waals surface area contributed by atoms with Crippen LogP contribution in [0.15, 0.2) is 18.2 Å². The molecular weight excluding hydrogens is 190 g/mol. The van der Waals surface area contributed by atoms with Crippen molar-refractivity contribution in [1.29, 1.82) is 0 Å². The minimum absolute atomic E-state index is 0.389. The number of benzene rings is 1. The van der Waals surface area contributed by atoms with E-state index in [2.05, 4.69) is 5.32 Å². The van der Waals surface area contributed by atoms with E-state index in [9.17, 15) is 9.90 Å². The highest BCUT2D eigenvalue weighted by Gasteiger charge is 2.24. The van der Waals surface area contributed by atoms with Crippen molar-refractivity contribution in [3.05, 3.63) is 29.3 Å². The first kappa shape index (κ1) is 11.7. The third-order valence-corrected chi connectivity index (χ3v) is 2.28. The zero-order chi connectivity index (χ0) is 11.6. The largest absolute Gasteiger partial charge is 0.381 e. The Hall–Kier alpha value is -1.35. The van der Waals surface area contributed by atoms with Crippen molar-refractivity contribution in [2.24, 2.45) is 0 Å². The third-order valence-electron chi connectivity index (χ3n) is 2.28. The summed E-state index contributed by atoms with van der Waals surface area (Å²) < 4.78 is 0. The van der Waals surface area contributed by atoms with Crippen molar-refractivity contribution in [2.75, 3.05) is 5.32 Å². The van der Waals surface area contributed by atoms with E-state index < -0.39 is 5.60 Å². The summed E-state index contributed by atoms with van der Waals surface area (Å²) in [4.78, 5) is 11.6. The standard InChI is InChI=1S/C12H17NO2/c1-8-6-5-7-9(2)10(8)13-11(14)12(3,4)15/h5-7,15H,1-4H3,(H,13,14). The van der Waals surface area contributed by atoms with E-state index in [1.807, 2.05) is 32.0 Å². The Morgan fingerprint density at radius 2 is 1.73 bits per heavy atom. The first-order valence-corrected chi connectivity index (χ1v) is 4.92. The van der Waals surface area contributed by atoms with E-state index in [1.165, 1.54) is 13.8 Å². The molecule has 0 bridgehead atoms. The summed E-state index contributed by atoms with van der Waals surface area (Å²) in [5, 5.41) is 12.2. The van der Waals surface area contributed by atoms with Crippen LogP contribution in [0, 0.1) is 13.8 Å². The Morgan fingerprint density at radius 1 is 1.27 bits per heavy atom. The number of rotatable bonds is 2. The van der Waals surface area contributed by atoms with E-state index in [-0.39, 0.29) is 5.91 Å². The molecule has 1 aromatic carbocycles. The predicted molar refractivity (Wildman–Crippen MR) is 60.8 cm³/mol. The fourth-order valence-corrected chi connectivity index (χ4v) is 1.28. The first-order valence-electron chi connectivity index (χ1n) is 4.92. The molecule has 0 aliphatic heterocycles. The van der Waals surface area contributed by atoms with Gasteiger partial charge in [0, 0.05) is 5.69 Å². The van der Waals surface area contributed by atoms with E-state index in [0.29, 0.717) is 0 Å². The topological polar surface area (TPSA) is 49.3 Å². The number of aliphatic hydroxyl groups is 1. The average molecular weight is 207 g/mol. The molecule has 15 heavy (non-hydrogen) atoms. The minimum Gasteiger partial charge on any atom is -0.381 e. The van der Waals surface area contributed by atoms with Crippen LogP contribution in [0.1, 0.15) is 25.0 Å². The number of para-hydroxylation sites is 1. The van der Waals surface area contributed by atoms with Gasteiger partial charge >= 0.3 is 0 Å². The maximum absolute atomic E-state index is 11.6. The molecule has 0 unspecified atom stereocenters. The summed E-state index contributed by atoms with van der Waals surface area (Å²) in [5.74, 6) is -0.389. The Kier molecular flexibility index (Phi) is 3.15. The number of carbonyl (C=O) groups is 1. The van der Waals surface area contributed by atoms with Gasteiger partial charge in [0.25, 0.3) is 5.91 Å². The second kappa shape index (κ2) is 4.03. The number of nitrogens with one attached hydrogen (secondary N) is 1. The van der Waals surface area contributed by atoms with Crippen molar-refractivity contribution in [2.45, 2.75) is 33.3 Å². The summed E-state index contributed by atoms with van der Waals surface area (Å²) in [6, 6.07) is 5.78. The van der Waals surface area contributed by atoms with Crippen LogP contribution in [0.4, 0.5) is 5.69 Å². The summed E-state index contributed by atoms with van der Waals surface area (Å²) in [6.07, 6.45) is 0. The number of hydrogen-bond acceptors (Lipinski definition) is 2. The van der Waals surface area contributed by atoms with Crippen molar-refractivity contribution in [1.82, 2.24) is 0 Å². The Balaban J connectivity index is 2.95. The number of amides is 1. The van der Waals surface area contributed by atoms with Crippen LogP contribution in [-0.2, 0) is 4.79 Å². The van der Waals surface area contributed by atoms with E-state index in [4.69, 9.17) is 0 Å². The summed E-state index contributed by atoms with van der Waals surface area (Å²) in [5.41, 5.74) is 1.42. The fourth-order valence-electron chi connectivity index (χ4n) is 1.28. The minimum atomic E-state index is -1.35. The van der Waals surface area contributed by atoms with Gasteiger partial charge in [0.2, 0.25) is 0 Å². The molecule has 0 heterocycles. The molecule has 1 amide bonds. The summed E-state index contributed by atoms with van der Waals surface area (Å²) in [7, 11) is 0. The second-order valence-corrected chi connectivity index (χ2v) is 4.28. The van der Waals surface area contributed by atoms with Crippen LogP contribution in [0.25, 0.3) is 0 Å². The normalized spacial score (nSPS) is 11.3. The molecule has 0 saturated carbocycles. The molecule has 1 rings (SSSR count). The molecule has 0 fully saturated rings. The Bertz CT molecular complexity index is 357. The maximum Gasteiger partial charge on any atom is 0.255 e. The maximum atomic E-state index is 11.6.